The van der Waals surface area contributed by atoms with Crippen molar-refractivity contribution in [3.05, 3.63) is 83.9 Å². The first-order chi connectivity index (χ1) is 17.0. The van der Waals surface area contributed by atoms with Crippen LogP contribution in [-0.4, -0.2) is 30.1 Å². The molecule has 2 amide bonds. The third kappa shape index (κ3) is 7.82. The fourth-order valence-corrected chi connectivity index (χ4v) is 3.38. The lowest BCUT2D eigenvalue weighted by Crippen LogP contribution is -2.34. The van der Waals surface area contributed by atoms with Gasteiger partial charge in [-0.25, -0.2) is 0 Å². The van der Waals surface area contributed by atoms with Gasteiger partial charge in [0.15, 0.2) is 5.11 Å². The van der Waals surface area contributed by atoms with Crippen LogP contribution in [0.25, 0.3) is 0 Å². The van der Waals surface area contributed by atoms with E-state index in [-0.39, 0.29) is 16.9 Å². The van der Waals surface area contributed by atoms with Gasteiger partial charge >= 0.3 is 0 Å². The Balaban J connectivity index is 1.62. The number of rotatable bonds is 10. The summed E-state index contributed by atoms with van der Waals surface area (Å²) in [7, 11) is 0. The van der Waals surface area contributed by atoms with E-state index in [9.17, 15) is 9.59 Å². The van der Waals surface area contributed by atoms with Gasteiger partial charge in [-0.2, -0.15) is 0 Å². The van der Waals surface area contributed by atoms with Crippen LogP contribution in [0, 0.1) is 0 Å². The lowest BCUT2D eigenvalue weighted by Gasteiger charge is -2.14. The van der Waals surface area contributed by atoms with Crippen LogP contribution in [0.1, 0.15) is 47.4 Å². The van der Waals surface area contributed by atoms with Gasteiger partial charge in [0, 0.05) is 11.3 Å². The molecule has 0 heterocycles. The molecular formula is C27H29N3O4S. The fraction of sp³-hybridized carbons (Fsp3) is 0.222. The van der Waals surface area contributed by atoms with E-state index in [0.717, 1.165) is 18.6 Å². The third-order valence-corrected chi connectivity index (χ3v) is 5.14. The largest absolute Gasteiger partial charge is 0.494 e. The molecule has 0 saturated carbocycles. The Kier molecular flexibility index (Phi) is 9.62. The highest BCUT2D eigenvalue weighted by Crippen LogP contribution is 2.20. The molecule has 7 nitrogen and oxygen atoms in total. The van der Waals surface area contributed by atoms with Crippen LogP contribution in [0.5, 0.6) is 11.5 Å². The summed E-state index contributed by atoms with van der Waals surface area (Å²) >= 11 is 5.33. The Hall–Kier alpha value is -3.91. The van der Waals surface area contributed by atoms with E-state index in [1.165, 1.54) is 0 Å². The van der Waals surface area contributed by atoms with Crippen LogP contribution in [-0.2, 0) is 0 Å². The van der Waals surface area contributed by atoms with Crippen molar-refractivity contribution in [3.63, 3.8) is 0 Å². The number of unbranched alkanes of at least 4 members (excludes halogenated alkanes) is 1. The molecule has 3 N–H and O–H groups in total. The second kappa shape index (κ2) is 13.1. The van der Waals surface area contributed by atoms with Crippen molar-refractivity contribution < 1.29 is 19.1 Å². The van der Waals surface area contributed by atoms with E-state index < -0.39 is 0 Å². The second-order valence-corrected chi connectivity index (χ2v) is 8.00. The average molecular weight is 492 g/mol. The number of amides is 2. The molecule has 0 aliphatic carbocycles. The van der Waals surface area contributed by atoms with Crippen molar-refractivity contribution in [1.29, 1.82) is 0 Å². The third-order valence-electron chi connectivity index (χ3n) is 4.93. The second-order valence-electron chi connectivity index (χ2n) is 7.60. The lowest BCUT2D eigenvalue weighted by molar-refractivity contribution is 0.0976. The summed E-state index contributed by atoms with van der Waals surface area (Å²) in [5, 5.41) is 8.53. The molecule has 0 aliphatic heterocycles. The number of para-hydroxylation sites is 1. The van der Waals surface area contributed by atoms with Gasteiger partial charge in [0.1, 0.15) is 11.5 Å². The van der Waals surface area contributed by atoms with Gasteiger partial charge < -0.3 is 20.1 Å². The molecule has 0 aromatic heterocycles. The number of thiocarbonyl (C=S) groups is 1. The predicted molar refractivity (Wildman–Crippen MR) is 143 cm³/mol. The molecule has 3 rings (SSSR count). The zero-order chi connectivity index (χ0) is 25.0. The fourth-order valence-electron chi connectivity index (χ4n) is 3.18. The number of anilines is 2. The smallest absolute Gasteiger partial charge is 0.257 e. The molecule has 0 bridgehead atoms. The van der Waals surface area contributed by atoms with E-state index in [1.54, 1.807) is 66.7 Å². The summed E-state index contributed by atoms with van der Waals surface area (Å²) < 4.78 is 11.1. The Labute approximate surface area is 210 Å². The summed E-state index contributed by atoms with van der Waals surface area (Å²) in [5.74, 6) is 0.663. The molecule has 0 aliphatic rings. The summed E-state index contributed by atoms with van der Waals surface area (Å²) in [5.41, 5.74) is 1.90. The topological polar surface area (TPSA) is 88.7 Å². The van der Waals surface area contributed by atoms with Crippen LogP contribution in [0.2, 0.25) is 0 Å². The number of benzene rings is 3. The number of ether oxygens (including phenoxy) is 2. The molecule has 0 saturated heterocycles. The molecule has 3 aromatic carbocycles. The SMILES string of the molecule is CCCCOc1cccc(C(=O)NC(=S)Nc2ccccc2C(=O)Nc2ccc(OCC)cc2)c1. The zero-order valence-corrected chi connectivity index (χ0v) is 20.6. The van der Waals surface area contributed by atoms with Gasteiger partial charge in [0.2, 0.25) is 0 Å². The van der Waals surface area contributed by atoms with Gasteiger partial charge in [0.25, 0.3) is 11.8 Å². The van der Waals surface area contributed by atoms with Crippen LogP contribution in [0.4, 0.5) is 11.4 Å². The number of hydrogen-bond acceptors (Lipinski definition) is 5. The van der Waals surface area contributed by atoms with Crippen molar-refractivity contribution in [1.82, 2.24) is 5.32 Å². The van der Waals surface area contributed by atoms with Crippen molar-refractivity contribution in [3.8, 4) is 11.5 Å². The normalized spacial score (nSPS) is 10.2. The van der Waals surface area contributed by atoms with Crippen LogP contribution >= 0.6 is 12.2 Å². The van der Waals surface area contributed by atoms with E-state index >= 15 is 0 Å². The monoisotopic (exact) mass is 491 g/mol. The highest BCUT2D eigenvalue weighted by molar-refractivity contribution is 7.80. The summed E-state index contributed by atoms with van der Waals surface area (Å²) in [6, 6.07) is 21.0. The standard InChI is InChI=1S/C27H29N3O4S/c1-3-5-17-34-22-10-8-9-19(18-22)25(31)30-27(35)29-24-12-7-6-11-23(24)26(32)28-20-13-15-21(16-14-20)33-4-2/h6-16,18H,3-5,17H2,1-2H3,(H,28,32)(H2,29,30,31,35). The maximum atomic E-state index is 12.9. The minimum Gasteiger partial charge on any atom is -0.494 e. The molecule has 35 heavy (non-hydrogen) atoms. The first-order valence-electron chi connectivity index (χ1n) is 11.5. The van der Waals surface area contributed by atoms with Gasteiger partial charge in [-0.05, 0) is 80.2 Å². The minimum atomic E-state index is -0.375. The van der Waals surface area contributed by atoms with Crippen LogP contribution in [0.3, 0.4) is 0 Å². The Bertz CT molecular complexity index is 1170. The highest BCUT2D eigenvalue weighted by Gasteiger charge is 2.14. The molecule has 0 unspecified atom stereocenters. The predicted octanol–water partition coefficient (Wildman–Crippen LogP) is 5.64. The Morgan fingerprint density at radius 1 is 0.829 bits per heavy atom. The van der Waals surface area contributed by atoms with Crippen molar-refractivity contribution in [2.75, 3.05) is 23.8 Å². The number of carbonyl (C=O) groups is 2. The van der Waals surface area contributed by atoms with Crippen LogP contribution in [0.15, 0.2) is 72.8 Å². The van der Waals surface area contributed by atoms with Crippen molar-refractivity contribution in [2.45, 2.75) is 26.7 Å². The lowest BCUT2D eigenvalue weighted by atomic mass is 10.1. The van der Waals surface area contributed by atoms with Gasteiger partial charge in [0.05, 0.1) is 24.5 Å². The van der Waals surface area contributed by atoms with Crippen molar-refractivity contribution in [2.24, 2.45) is 0 Å². The molecule has 0 atom stereocenters. The quantitative estimate of drug-likeness (QED) is 0.251. The average Bonchev–Trinajstić information content (AvgIpc) is 2.86. The molecule has 182 valence electrons. The van der Waals surface area contributed by atoms with E-state index in [1.807, 2.05) is 13.0 Å². The maximum Gasteiger partial charge on any atom is 0.257 e. The number of nitrogens with one attached hydrogen (secondary N) is 3. The van der Waals surface area contributed by atoms with E-state index in [0.29, 0.717) is 41.5 Å². The van der Waals surface area contributed by atoms with E-state index in [2.05, 4.69) is 22.9 Å². The first kappa shape index (κ1) is 25.7. The Morgan fingerprint density at radius 3 is 2.34 bits per heavy atom. The molecule has 8 heteroatoms. The molecule has 3 aromatic rings. The first-order valence-corrected chi connectivity index (χ1v) is 11.9. The van der Waals surface area contributed by atoms with Gasteiger partial charge in [-0.1, -0.05) is 31.5 Å². The van der Waals surface area contributed by atoms with Gasteiger partial charge in [-0.3, -0.25) is 14.9 Å². The van der Waals surface area contributed by atoms with Crippen LogP contribution < -0.4 is 25.4 Å². The van der Waals surface area contributed by atoms with Gasteiger partial charge in [-0.15, -0.1) is 0 Å². The highest BCUT2D eigenvalue weighted by atomic mass is 32.1. The maximum absolute atomic E-state index is 12.9. The molecule has 0 spiro atoms. The summed E-state index contributed by atoms with van der Waals surface area (Å²) in [4.78, 5) is 25.6. The molecule has 0 radical (unpaired) electrons. The summed E-state index contributed by atoms with van der Waals surface area (Å²) in [6.45, 7) is 5.16. The van der Waals surface area contributed by atoms with Crippen molar-refractivity contribution >= 4 is 40.5 Å². The zero-order valence-electron chi connectivity index (χ0n) is 19.8. The molecular weight excluding hydrogens is 462 g/mol. The minimum absolute atomic E-state index is 0.0774. The van der Waals surface area contributed by atoms with E-state index in [4.69, 9.17) is 21.7 Å². The molecule has 0 fully saturated rings. The Morgan fingerprint density at radius 2 is 1.60 bits per heavy atom. The number of hydrogen-bond donors (Lipinski definition) is 3. The number of carbonyl (C=O) groups excluding carboxylic acids is 2. The summed E-state index contributed by atoms with van der Waals surface area (Å²) in [6.07, 6.45) is 1.97.